The summed E-state index contributed by atoms with van der Waals surface area (Å²) in [6, 6.07) is 7.76. The van der Waals surface area contributed by atoms with E-state index in [4.69, 9.17) is 27.9 Å². The molecule has 1 aromatic heterocycles. The highest BCUT2D eigenvalue weighted by atomic mass is 35.5. The highest BCUT2D eigenvalue weighted by molar-refractivity contribution is 6.34. The molecule has 1 aromatic carbocycles. The van der Waals surface area contributed by atoms with Gasteiger partial charge in [-0.25, -0.2) is 0 Å². The molecule has 104 valence electrons. The molecule has 3 nitrogen and oxygen atoms in total. The first-order valence-electron chi connectivity index (χ1n) is 6.50. The zero-order chi connectivity index (χ0) is 13.9. The molecule has 0 unspecified atom stereocenters. The summed E-state index contributed by atoms with van der Waals surface area (Å²) >= 11 is 11.9. The van der Waals surface area contributed by atoms with Gasteiger partial charge in [-0.2, -0.15) is 0 Å². The minimum Gasteiger partial charge on any atom is -0.456 e. The molecule has 1 aliphatic rings. The fourth-order valence-electron chi connectivity index (χ4n) is 1.89. The van der Waals surface area contributed by atoms with E-state index in [2.05, 4.69) is 10.3 Å². The minimum atomic E-state index is 0.548. The largest absolute Gasteiger partial charge is 0.456 e. The summed E-state index contributed by atoms with van der Waals surface area (Å²) in [5, 5.41) is 4.54. The van der Waals surface area contributed by atoms with Gasteiger partial charge in [-0.3, -0.25) is 4.98 Å². The van der Waals surface area contributed by atoms with Crippen LogP contribution in [0.1, 0.15) is 18.4 Å². The molecular formula is C15H14Cl2N2O. The van der Waals surface area contributed by atoms with Gasteiger partial charge in [0.25, 0.3) is 0 Å². The molecular weight excluding hydrogens is 295 g/mol. The number of rotatable bonds is 5. The monoisotopic (exact) mass is 308 g/mol. The molecule has 2 aromatic rings. The van der Waals surface area contributed by atoms with Crippen LogP contribution in [0.15, 0.2) is 36.7 Å². The number of nitrogens with zero attached hydrogens (tertiary/aromatic N) is 1. The van der Waals surface area contributed by atoms with Gasteiger partial charge in [0.05, 0.1) is 6.20 Å². The number of nitrogens with one attached hydrogen (secondary N) is 1. The molecule has 1 aliphatic carbocycles. The van der Waals surface area contributed by atoms with Gasteiger partial charge in [-0.1, -0.05) is 23.2 Å². The van der Waals surface area contributed by atoms with Gasteiger partial charge in [-0.15, -0.1) is 0 Å². The number of hydrogen-bond acceptors (Lipinski definition) is 3. The molecule has 0 aliphatic heterocycles. The zero-order valence-electron chi connectivity index (χ0n) is 10.8. The lowest BCUT2D eigenvalue weighted by Crippen LogP contribution is -2.15. The number of halogens is 2. The van der Waals surface area contributed by atoms with Crippen molar-refractivity contribution in [1.82, 2.24) is 10.3 Å². The molecule has 1 heterocycles. The van der Waals surface area contributed by atoms with Crippen LogP contribution >= 0.6 is 23.2 Å². The number of pyridine rings is 1. The summed E-state index contributed by atoms with van der Waals surface area (Å²) in [5.74, 6) is 1.29. The van der Waals surface area contributed by atoms with Gasteiger partial charge in [0.2, 0.25) is 0 Å². The van der Waals surface area contributed by atoms with Gasteiger partial charge in [0, 0.05) is 28.8 Å². The Morgan fingerprint density at radius 3 is 2.50 bits per heavy atom. The van der Waals surface area contributed by atoms with E-state index in [0.29, 0.717) is 27.6 Å². The fourth-order valence-corrected chi connectivity index (χ4v) is 2.40. The fraction of sp³-hybridized carbons (Fsp3) is 0.267. The van der Waals surface area contributed by atoms with Gasteiger partial charge in [0.15, 0.2) is 0 Å². The number of aromatic nitrogens is 1. The lowest BCUT2D eigenvalue weighted by Gasteiger charge is -2.08. The molecule has 20 heavy (non-hydrogen) atoms. The molecule has 0 saturated heterocycles. The summed E-state index contributed by atoms with van der Waals surface area (Å²) in [6.45, 7) is 0.811. The summed E-state index contributed by atoms with van der Waals surface area (Å²) in [5.41, 5.74) is 1.10. The van der Waals surface area contributed by atoms with Gasteiger partial charge < -0.3 is 10.1 Å². The number of benzene rings is 1. The first-order valence-corrected chi connectivity index (χ1v) is 7.26. The first-order chi connectivity index (χ1) is 9.69. The predicted molar refractivity (Wildman–Crippen MR) is 80.6 cm³/mol. The Kier molecular flexibility index (Phi) is 4.10. The van der Waals surface area contributed by atoms with Crippen LogP contribution in [0, 0.1) is 0 Å². The van der Waals surface area contributed by atoms with Crippen molar-refractivity contribution in [1.29, 1.82) is 0 Å². The molecule has 1 saturated carbocycles. The SMILES string of the molecule is Clc1cc(Cl)cc(Oc2cncc(CNC3CC3)c2)c1. The van der Waals surface area contributed by atoms with Gasteiger partial charge in [0.1, 0.15) is 11.5 Å². The van der Waals surface area contributed by atoms with Crippen molar-refractivity contribution in [2.24, 2.45) is 0 Å². The highest BCUT2D eigenvalue weighted by Gasteiger charge is 2.19. The normalized spacial score (nSPS) is 14.3. The molecule has 0 radical (unpaired) electrons. The van der Waals surface area contributed by atoms with Crippen LogP contribution in [-0.2, 0) is 6.54 Å². The maximum atomic E-state index is 5.95. The molecule has 1 N–H and O–H groups in total. The molecule has 5 heteroatoms. The van der Waals surface area contributed by atoms with Crippen molar-refractivity contribution in [2.45, 2.75) is 25.4 Å². The van der Waals surface area contributed by atoms with E-state index in [0.717, 1.165) is 12.1 Å². The van der Waals surface area contributed by atoms with E-state index in [1.54, 1.807) is 24.4 Å². The Bertz CT molecular complexity index is 594. The summed E-state index contributed by atoms with van der Waals surface area (Å²) < 4.78 is 5.74. The second-order valence-corrected chi connectivity index (χ2v) is 5.76. The van der Waals surface area contributed by atoms with Crippen LogP contribution in [0.3, 0.4) is 0 Å². The Balaban J connectivity index is 1.70. The van der Waals surface area contributed by atoms with E-state index in [-0.39, 0.29) is 0 Å². The summed E-state index contributed by atoms with van der Waals surface area (Å²) in [7, 11) is 0. The highest BCUT2D eigenvalue weighted by Crippen LogP contribution is 2.28. The molecule has 0 atom stereocenters. The quantitative estimate of drug-likeness (QED) is 0.887. The number of ether oxygens (including phenoxy) is 1. The average Bonchev–Trinajstić information content (AvgIpc) is 3.19. The van der Waals surface area contributed by atoms with Gasteiger partial charge >= 0.3 is 0 Å². The summed E-state index contributed by atoms with van der Waals surface area (Å²) in [4.78, 5) is 4.19. The third kappa shape index (κ3) is 3.85. The standard InChI is InChI=1S/C15H14Cl2N2O/c16-11-4-12(17)6-14(5-11)20-15-3-10(7-18-9-15)8-19-13-1-2-13/h3-7,9,13,19H,1-2,8H2. The third-order valence-corrected chi connectivity index (χ3v) is 3.45. The van der Waals surface area contributed by atoms with E-state index < -0.39 is 0 Å². The van der Waals surface area contributed by atoms with Crippen molar-refractivity contribution < 1.29 is 4.74 Å². The Morgan fingerprint density at radius 1 is 1.05 bits per heavy atom. The van der Waals surface area contributed by atoms with E-state index in [1.165, 1.54) is 12.8 Å². The maximum Gasteiger partial charge on any atom is 0.146 e. The smallest absolute Gasteiger partial charge is 0.146 e. The van der Waals surface area contributed by atoms with E-state index in [9.17, 15) is 0 Å². The topological polar surface area (TPSA) is 34.1 Å². The van der Waals surface area contributed by atoms with Gasteiger partial charge in [-0.05, 0) is 42.7 Å². The van der Waals surface area contributed by atoms with Crippen LogP contribution in [0.5, 0.6) is 11.5 Å². The van der Waals surface area contributed by atoms with Crippen molar-refractivity contribution in [3.05, 3.63) is 52.3 Å². The molecule has 3 rings (SSSR count). The molecule has 0 amide bonds. The minimum absolute atomic E-state index is 0.548. The van der Waals surface area contributed by atoms with Crippen LogP contribution in [0.2, 0.25) is 10.0 Å². The van der Waals surface area contributed by atoms with Crippen LogP contribution in [0.25, 0.3) is 0 Å². The first kappa shape index (κ1) is 13.7. The molecule has 1 fully saturated rings. The van der Waals surface area contributed by atoms with Crippen molar-refractivity contribution in [3.63, 3.8) is 0 Å². The number of hydrogen-bond donors (Lipinski definition) is 1. The Labute approximate surface area is 127 Å². The zero-order valence-corrected chi connectivity index (χ0v) is 12.3. The van der Waals surface area contributed by atoms with E-state index in [1.807, 2.05) is 12.3 Å². The van der Waals surface area contributed by atoms with Crippen LogP contribution < -0.4 is 10.1 Å². The summed E-state index contributed by atoms with van der Waals surface area (Å²) in [6.07, 6.45) is 6.05. The van der Waals surface area contributed by atoms with Crippen LogP contribution in [-0.4, -0.2) is 11.0 Å². The lowest BCUT2D eigenvalue weighted by atomic mass is 10.2. The predicted octanol–water partition coefficient (Wildman–Crippen LogP) is 4.43. The van der Waals surface area contributed by atoms with Crippen LogP contribution in [0.4, 0.5) is 0 Å². The second kappa shape index (κ2) is 6.00. The van der Waals surface area contributed by atoms with Crippen molar-refractivity contribution in [2.75, 3.05) is 0 Å². The third-order valence-electron chi connectivity index (χ3n) is 3.01. The maximum absolute atomic E-state index is 5.95. The lowest BCUT2D eigenvalue weighted by molar-refractivity contribution is 0.479. The molecule has 0 spiro atoms. The molecule has 0 bridgehead atoms. The second-order valence-electron chi connectivity index (χ2n) is 4.89. The van der Waals surface area contributed by atoms with E-state index >= 15 is 0 Å². The average molecular weight is 309 g/mol. The Hall–Kier alpha value is -1.29. The van der Waals surface area contributed by atoms with Crippen molar-refractivity contribution >= 4 is 23.2 Å². The Morgan fingerprint density at radius 2 is 1.80 bits per heavy atom. The van der Waals surface area contributed by atoms with Crippen molar-refractivity contribution in [3.8, 4) is 11.5 Å².